The van der Waals surface area contributed by atoms with Gasteiger partial charge < -0.3 is 15.5 Å². The zero-order chi connectivity index (χ0) is 22.5. The van der Waals surface area contributed by atoms with Crippen molar-refractivity contribution in [2.75, 3.05) is 0 Å². The van der Waals surface area contributed by atoms with E-state index in [4.69, 9.17) is 5.11 Å². The number of carbonyl (C=O) groups excluding carboxylic acids is 1. The van der Waals surface area contributed by atoms with Gasteiger partial charge in [0.2, 0.25) is 5.91 Å². The van der Waals surface area contributed by atoms with E-state index in [0.717, 1.165) is 22.1 Å². The predicted molar refractivity (Wildman–Crippen MR) is 123 cm³/mol. The van der Waals surface area contributed by atoms with Crippen molar-refractivity contribution in [3.63, 3.8) is 0 Å². The van der Waals surface area contributed by atoms with Gasteiger partial charge in [-0.25, -0.2) is 4.79 Å². The molecule has 0 radical (unpaired) electrons. The number of carbonyl (C=O) groups is 2. The Morgan fingerprint density at radius 1 is 0.781 bits per heavy atom. The van der Waals surface area contributed by atoms with Crippen LogP contribution in [0.4, 0.5) is 0 Å². The van der Waals surface area contributed by atoms with Crippen LogP contribution in [-0.2, 0) is 16.0 Å². The molecule has 0 aliphatic heterocycles. The van der Waals surface area contributed by atoms with Crippen LogP contribution in [0.1, 0.15) is 34.4 Å². The second-order valence-electron chi connectivity index (χ2n) is 7.64. The molecule has 0 aromatic heterocycles. The van der Waals surface area contributed by atoms with E-state index < -0.39 is 12.1 Å². The third-order valence-corrected chi connectivity index (χ3v) is 5.44. The highest BCUT2D eigenvalue weighted by molar-refractivity contribution is 5.91. The highest BCUT2D eigenvalue weighted by atomic mass is 16.4. The van der Waals surface area contributed by atoms with Crippen molar-refractivity contribution in [1.82, 2.24) is 5.32 Å². The molecule has 0 heterocycles. The number of nitrogens with one attached hydrogen (secondary N) is 1. The fourth-order valence-electron chi connectivity index (χ4n) is 3.89. The summed E-state index contributed by atoms with van der Waals surface area (Å²) in [5.74, 6) is -1.42. The van der Waals surface area contributed by atoms with E-state index in [1.165, 1.54) is 0 Å². The van der Waals surface area contributed by atoms with E-state index in [2.05, 4.69) is 5.32 Å². The lowest BCUT2D eigenvalue weighted by atomic mass is 9.97. The Bertz CT molecular complexity index is 1200. The minimum absolute atomic E-state index is 0.121. The van der Waals surface area contributed by atoms with Crippen LogP contribution in [0, 0.1) is 0 Å². The quantitative estimate of drug-likeness (QED) is 0.409. The van der Waals surface area contributed by atoms with Crippen LogP contribution >= 0.6 is 0 Å². The summed E-state index contributed by atoms with van der Waals surface area (Å²) < 4.78 is 0. The van der Waals surface area contributed by atoms with Crippen molar-refractivity contribution in [3.8, 4) is 0 Å². The first-order valence-corrected chi connectivity index (χ1v) is 10.3. The highest BCUT2D eigenvalue weighted by Crippen LogP contribution is 2.26. The number of aliphatic carboxylic acids is 1. The number of aliphatic hydroxyl groups excluding tert-OH is 1. The largest absolute Gasteiger partial charge is 0.479 e. The first-order chi connectivity index (χ1) is 15.5. The molecule has 5 nitrogen and oxygen atoms in total. The lowest BCUT2D eigenvalue weighted by Gasteiger charge is -2.20. The van der Waals surface area contributed by atoms with E-state index in [-0.39, 0.29) is 18.4 Å². The summed E-state index contributed by atoms with van der Waals surface area (Å²) in [5, 5.41) is 23.7. The molecule has 0 fully saturated rings. The fourth-order valence-corrected chi connectivity index (χ4v) is 3.89. The molecule has 1 unspecified atom stereocenters. The summed E-state index contributed by atoms with van der Waals surface area (Å²) in [6, 6.07) is 29.9. The van der Waals surface area contributed by atoms with Gasteiger partial charge in [0.1, 0.15) is 0 Å². The van der Waals surface area contributed by atoms with E-state index >= 15 is 0 Å². The first kappa shape index (κ1) is 21.3. The Labute approximate surface area is 186 Å². The number of rotatable bonds is 7. The summed E-state index contributed by atoms with van der Waals surface area (Å²) in [4.78, 5) is 24.1. The second kappa shape index (κ2) is 9.45. The average molecular weight is 425 g/mol. The number of carboxylic acid groups (broad SMARTS) is 1. The number of benzene rings is 4. The summed E-state index contributed by atoms with van der Waals surface area (Å²) in [6.45, 7) is 0. The maximum atomic E-state index is 12.9. The van der Waals surface area contributed by atoms with Crippen LogP contribution in [0.3, 0.4) is 0 Å². The molecule has 4 aromatic carbocycles. The van der Waals surface area contributed by atoms with Gasteiger partial charge in [-0.1, -0.05) is 97.1 Å². The lowest BCUT2D eigenvalue weighted by Crippen LogP contribution is -2.30. The monoisotopic (exact) mass is 425 g/mol. The number of carboxylic acids is 1. The number of hydrogen-bond acceptors (Lipinski definition) is 3. The number of amides is 1. The molecule has 4 rings (SSSR count). The molecule has 1 atom stereocenters. The maximum Gasteiger partial charge on any atom is 0.337 e. The molecule has 32 heavy (non-hydrogen) atoms. The summed E-state index contributed by atoms with van der Waals surface area (Å²) in [7, 11) is 0. The van der Waals surface area contributed by atoms with Crippen molar-refractivity contribution in [2.45, 2.75) is 18.6 Å². The molecule has 3 N–H and O–H groups in total. The van der Waals surface area contributed by atoms with Crippen molar-refractivity contribution >= 4 is 22.6 Å². The summed E-state index contributed by atoms with van der Waals surface area (Å²) in [6.07, 6.45) is -1.41. The molecule has 0 spiro atoms. The van der Waals surface area contributed by atoms with E-state index in [9.17, 15) is 14.7 Å². The fraction of sp³-hybridized carbons (Fsp3) is 0.111. The van der Waals surface area contributed by atoms with Crippen molar-refractivity contribution < 1.29 is 19.8 Å². The van der Waals surface area contributed by atoms with Gasteiger partial charge in [-0.05, 0) is 33.0 Å². The van der Waals surface area contributed by atoms with Crippen LogP contribution in [0.5, 0.6) is 0 Å². The van der Waals surface area contributed by atoms with Gasteiger partial charge in [0.15, 0.2) is 6.10 Å². The minimum atomic E-state index is -1.59. The van der Waals surface area contributed by atoms with Crippen LogP contribution < -0.4 is 5.32 Å². The Morgan fingerprint density at radius 3 is 2.00 bits per heavy atom. The Kier molecular flexibility index (Phi) is 6.29. The van der Waals surface area contributed by atoms with Gasteiger partial charge in [-0.2, -0.15) is 0 Å². The molecule has 0 saturated heterocycles. The number of aliphatic hydroxyl groups is 1. The SMILES string of the molecule is O=C(Cc1ccc2c(C(O)C(=O)O)cccc2c1)NC(c1ccccc1)c1ccccc1. The highest BCUT2D eigenvalue weighted by Gasteiger charge is 2.19. The smallest absolute Gasteiger partial charge is 0.337 e. The Balaban J connectivity index is 1.57. The van der Waals surface area contributed by atoms with Gasteiger partial charge in [0, 0.05) is 0 Å². The van der Waals surface area contributed by atoms with Gasteiger partial charge in [-0.3, -0.25) is 4.79 Å². The topological polar surface area (TPSA) is 86.6 Å². The third-order valence-electron chi connectivity index (χ3n) is 5.44. The van der Waals surface area contributed by atoms with Crippen LogP contribution in [0.25, 0.3) is 10.8 Å². The Morgan fingerprint density at radius 2 is 1.41 bits per heavy atom. The molecular weight excluding hydrogens is 402 g/mol. The minimum Gasteiger partial charge on any atom is -0.479 e. The van der Waals surface area contributed by atoms with Gasteiger partial charge in [0.05, 0.1) is 12.5 Å². The molecule has 0 aliphatic rings. The van der Waals surface area contributed by atoms with Gasteiger partial charge in [-0.15, -0.1) is 0 Å². The van der Waals surface area contributed by atoms with E-state index in [1.807, 2.05) is 72.8 Å². The number of hydrogen-bond donors (Lipinski definition) is 3. The number of fused-ring (bicyclic) bond motifs is 1. The zero-order valence-electron chi connectivity index (χ0n) is 17.3. The van der Waals surface area contributed by atoms with Crippen LogP contribution in [0.15, 0.2) is 97.1 Å². The van der Waals surface area contributed by atoms with E-state index in [1.54, 1.807) is 24.3 Å². The van der Waals surface area contributed by atoms with Crippen LogP contribution in [0.2, 0.25) is 0 Å². The lowest BCUT2D eigenvalue weighted by molar-refractivity contribution is -0.146. The molecule has 4 aromatic rings. The summed E-state index contributed by atoms with van der Waals surface area (Å²) >= 11 is 0. The molecule has 0 bridgehead atoms. The van der Waals surface area contributed by atoms with Crippen molar-refractivity contribution in [2.24, 2.45) is 0 Å². The molecule has 160 valence electrons. The van der Waals surface area contributed by atoms with E-state index in [0.29, 0.717) is 10.9 Å². The first-order valence-electron chi connectivity index (χ1n) is 10.3. The normalized spacial score (nSPS) is 11.9. The second-order valence-corrected chi connectivity index (χ2v) is 7.64. The van der Waals surface area contributed by atoms with Gasteiger partial charge >= 0.3 is 5.97 Å². The van der Waals surface area contributed by atoms with Crippen LogP contribution in [-0.4, -0.2) is 22.1 Å². The summed E-state index contributed by atoms with van der Waals surface area (Å²) in [5.41, 5.74) is 3.13. The molecule has 0 saturated carbocycles. The third kappa shape index (κ3) is 4.68. The average Bonchev–Trinajstić information content (AvgIpc) is 2.82. The molecule has 1 amide bonds. The maximum absolute atomic E-state index is 12.9. The van der Waals surface area contributed by atoms with Crippen molar-refractivity contribution in [1.29, 1.82) is 0 Å². The molecule has 0 aliphatic carbocycles. The predicted octanol–water partition coefficient (Wildman–Crippen LogP) is 4.41. The van der Waals surface area contributed by atoms with Crippen molar-refractivity contribution in [3.05, 3.63) is 119 Å². The Hall–Kier alpha value is -3.96. The van der Waals surface area contributed by atoms with Gasteiger partial charge in [0.25, 0.3) is 0 Å². The zero-order valence-corrected chi connectivity index (χ0v) is 17.3. The molecular formula is C27H23NO4. The molecule has 5 heteroatoms. The standard InChI is InChI=1S/C27H23NO4/c29-24(28-25(19-8-3-1-4-9-19)20-10-5-2-6-11-20)17-18-14-15-22-21(16-18)12-7-13-23(22)26(30)27(31)32/h1-16,25-26,30H,17H2,(H,28,29)(H,31,32).